The van der Waals surface area contributed by atoms with Gasteiger partial charge in [-0.15, -0.1) is 11.3 Å². The van der Waals surface area contributed by atoms with Gasteiger partial charge in [0.25, 0.3) is 5.56 Å². The summed E-state index contributed by atoms with van der Waals surface area (Å²) >= 11 is 4.74. The third-order valence-electron chi connectivity index (χ3n) is 5.42. The number of hydrogen-bond donors (Lipinski definition) is 0. The lowest BCUT2D eigenvalue weighted by Gasteiger charge is -2.36. The fraction of sp³-hybridized carbons (Fsp3) is 0.364. The van der Waals surface area contributed by atoms with Gasteiger partial charge in [0.1, 0.15) is 15.5 Å². The van der Waals surface area contributed by atoms with Gasteiger partial charge in [-0.05, 0) is 71.3 Å². The molecule has 3 rings (SSSR count). The number of rotatable bonds is 5. The molecule has 0 fully saturated rings. The van der Waals surface area contributed by atoms with E-state index < -0.39 is 14.3 Å². The molecule has 5 nitrogen and oxygen atoms in total. The van der Waals surface area contributed by atoms with Crippen molar-refractivity contribution >= 4 is 51.8 Å². The van der Waals surface area contributed by atoms with Crippen LogP contribution in [0.25, 0.3) is 15.9 Å². The van der Waals surface area contributed by atoms with E-state index in [0.29, 0.717) is 20.8 Å². The van der Waals surface area contributed by atoms with E-state index in [2.05, 4.69) is 49.8 Å². The van der Waals surface area contributed by atoms with Crippen LogP contribution in [-0.4, -0.2) is 25.5 Å². The maximum absolute atomic E-state index is 12.7. The molecular formula is C22H26BrNO4SSi. The average molecular weight is 509 g/mol. The van der Waals surface area contributed by atoms with Crippen LogP contribution in [0.4, 0.5) is 0 Å². The molecular weight excluding hydrogens is 482 g/mol. The maximum Gasteiger partial charge on any atom is 0.349 e. The van der Waals surface area contributed by atoms with Gasteiger partial charge >= 0.3 is 5.97 Å². The summed E-state index contributed by atoms with van der Waals surface area (Å²) in [5.41, 5.74) is 0.557. The monoisotopic (exact) mass is 507 g/mol. The van der Waals surface area contributed by atoms with Crippen molar-refractivity contribution in [3.8, 4) is 11.4 Å². The Labute approximate surface area is 189 Å². The molecule has 0 saturated carbocycles. The van der Waals surface area contributed by atoms with Crippen molar-refractivity contribution in [1.29, 1.82) is 0 Å². The number of ether oxygens (including phenoxy) is 1. The summed E-state index contributed by atoms with van der Waals surface area (Å²) in [6.45, 7) is 13.1. The minimum absolute atomic E-state index is 0.0982. The SMILES string of the molecule is CCOC(=O)c1sc2c(ccc(=O)n2-c2ccc(O[Si](C)(C)C(C)(C)C)cc2)c1Br. The number of thiophene rings is 1. The van der Waals surface area contributed by atoms with Crippen LogP contribution in [0, 0.1) is 0 Å². The molecule has 0 unspecified atom stereocenters. The van der Waals surface area contributed by atoms with Crippen molar-refractivity contribution in [2.24, 2.45) is 0 Å². The zero-order valence-corrected chi connectivity index (χ0v) is 21.4. The van der Waals surface area contributed by atoms with Gasteiger partial charge in [-0.2, -0.15) is 0 Å². The first-order valence-corrected chi connectivity index (χ1v) is 14.3. The van der Waals surface area contributed by atoms with Crippen molar-refractivity contribution in [2.75, 3.05) is 6.61 Å². The van der Waals surface area contributed by atoms with Crippen molar-refractivity contribution in [1.82, 2.24) is 4.57 Å². The normalized spacial score (nSPS) is 12.2. The molecule has 2 aromatic heterocycles. The fourth-order valence-corrected chi connectivity index (χ4v) is 5.73. The Bertz CT molecular complexity index is 1140. The molecule has 1 aromatic carbocycles. The summed E-state index contributed by atoms with van der Waals surface area (Å²) in [5.74, 6) is 0.396. The molecule has 0 saturated heterocycles. The number of benzene rings is 1. The maximum atomic E-state index is 12.7. The minimum Gasteiger partial charge on any atom is -0.544 e. The number of hydrogen-bond acceptors (Lipinski definition) is 5. The number of nitrogens with zero attached hydrogens (tertiary/aromatic N) is 1. The van der Waals surface area contributed by atoms with E-state index in [1.54, 1.807) is 17.6 Å². The summed E-state index contributed by atoms with van der Waals surface area (Å²) in [5, 5.41) is 0.894. The van der Waals surface area contributed by atoms with Crippen LogP contribution in [0.5, 0.6) is 5.75 Å². The molecule has 3 aromatic rings. The topological polar surface area (TPSA) is 57.5 Å². The molecule has 0 radical (unpaired) electrons. The molecule has 0 aliphatic carbocycles. The number of halogens is 1. The quantitative estimate of drug-likeness (QED) is 0.297. The van der Waals surface area contributed by atoms with E-state index in [4.69, 9.17) is 9.16 Å². The highest BCUT2D eigenvalue weighted by Crippen LogP contribution is 2.38. The Hall–Kier alpha value is -1.90. The molecule has 0 aliphatic heterocycles. The highest BCUT2D eigenvalue weighted by atomic mass is 79.9. The third-order valence-corrected chi connectivity index (χ3v) is 12.0. The highest BCUT2D eigenvalue weighted by molar-refractivity contribution is 9.10. The van der Waals surface area contributed by atoms with E-state index in [1.807, 2.05) is 24.3 Å². The van der Waals surface area contributed by atoms with Gasteiger partial charge in [-0.3, -0.25) is 9.36 Å². The predicted octanol–water partition coefficient (Wildman–Crippen LogP) is 6.38. The smallest absolute Gasteiger partial charge is 0.349 e. The van der Waals surface area contributed by atoms with Crippen LogP contribution >= 0.6 is 27.3 Å². The first kappa shape index (κ1) is 22.8. The molecule has 0 atom stereocenters. The lowest BCUT2D eigenvalue weighted by atomic mass is 10.2. The molecule has 2 heterocycles. The Kier molecular flexibility index (Phi) is 6.32. The zero-order chi connectivity index (χ0) is 22.3. The molecule has 30 heavy (non-hydrogen) atoms. The summed E-state index contributed by atoms with van der Waals surface area (Å²) in [7, 11) is -1.95. The summed E-state index contributed by atoms with van der Waals surface area (Å²) < 4.78 is 13.7. The second-order valence-electron chi connectivity index (χ2n) is 8.55. The van der Waals surface area contributed by atoms with Gasteiger partial charge in [-0.1, -0.05) is 20.8 Å². The second kappa shape index (κ2) is 8.32. The number of pyridine rings is 1. The fourth-order valence-electron chi connectivity index (χ4n) is 2.74. The Balaban J connectivity index is 2.05. The van der Waals surface area contributed by atoms with Gasteiger partial charge in [0.05, 0.1) is 16.8 Å². The molecule has 8 heteroatoms. The molecule has 160 valence electrons. The molecule has 0 spiro atoms. The Morgan fingerprint density at radius 1 is 1.13 bits per heavy atom. The number of aromatic nitrogens is 1. The van der Waals surface area contributed by atoms with Crippen LogP contribution in [0.2, 0.25) is 18.1 Å². The van der Waals surface area contributed by atoms with Crippen molar-refractivity contribution in [3.05, 3.63) is 56.1 Å². The Morgan fingerprint density at radius 3 is 2.33 bits per heavy atom. The van der Waals surface area contributed by atoms with Gasteiger partial charge in [0.15, 0.2) is 0 Å². The van der Waals surface area contributed by atoms with Gasteiger partial charge in [0, 0.05) is 11.5 Å². The number of carbonyl (C=O) groups is 1. The van der Waals surface area contributed by atoms with Crippen molar-refractivity contribution < 1.29 is 14.0 Å². The van der Waals surface area contributed by atoms with Crippen molar-refractivity contribution in [2.45, 2.75) is 45.8 Å². The van der Waals surface area contributed by atoms with Crippen molar-refractivity contribution in [3.63, 3.8) is 0 Å². The van der Waals surface area contributed by atoms with Gasteiger partial charge in [-0.25, -0.2) is 4.79 Å². The van der Waals surface area contributed by atoms with Crippen LogP contribution in [0.15, 0.2) is 45.7 Å². The Morgan fingerprint density at radius 2 is 1.77 bits per heavy atom. The second-order valence-corrected chi connectivity index (χ2v) is 15.1. The molecule has 0 aliphatic rings. The number of fused-ring (bicyclic) bond motifs is 1. The van der Waals surface area contributed by atoms with E-state index in [9.17, 15) is 9.59 Å². The molecule has 0 bridgehead atoms. The molecule has 0 amide bonds. The van der Waals surface area contributed by atoms with Crippen LogP contribution in [0.3, 0.4) is 0 Å². The van der Waals surface area contributed by atoms with E-state index in [-0.39, 0.29) is 10.6 Å². The summed E-state index contributed by atoms with van der Waals surface area (Å²) in [6, 6.07) is 10.8. The van der Waals surface area contributed by atoms with Gasteiger partial charge in [0.2, 0.25) is 8.32 Å². The lowest BCUT2D eigenvalue weighted by molar-refractivity contribution is 0.0531. The van der Waals surface area contributed by atoms with Crippen LogP contribution in [0.1, 0.15) is 37.4 Å². The van der Waals surface area contributed by atoms with Crippen LogP contribution < -0.4 is 9.99 Å². The number of esters is 1. The summed E-state index contributed by atoms with van der Waals surface area (Å²) in [6.07, 6.45) is 0. The van der Waals surface area contributed by atoms with Crippen LogP contribution in [-0.2, 0) is 4.74 Å². The summed E-state index contributed by atoms with van der Waals surface area (Å²) in [4.78, 5) is 26.1. The molecule has 0 N–H and O–H groups in total. The lowest BCUT2D eigenvalue weighted by Crippen LogP contribution is -2.43. The average Bonchev–Trinajstić information content (AvgIpc) is 2.98. The highest BCUT2D eigenvalue weighted by Gasteiger charge is 2.38. The van der Waals surface area contributed by atoms with E-state index in [1.165, 1.54) is 17.4 Å². The third kappa shape index (κ3) is 4.26. The first-order chi connectivity index (χ1) is 14.0. The first-order valence-electron chi connectivity index (χ1n) is 9.77. The minimum atomic E-state index is -1.95. The predicted molar refractivity (Wildman–Crippen MR) is 129 cm³/mol. The van der Waals surface area contributed by atoms with Gasteiger partial charge < -0.3 is 9.16 Å². The number of carbonyl (C=O) groups excluding carboxylic acids is 1. The van der Waals surface area contributed by atoms with E-state index >= 15 is 0 Å². The van der Waals surface area contributed by atoms with E-state index in [0.717, 1.165) is 16.8 Å². The zero-order valence-electron chi connectivity index (χ0n) is 18.0. The standard InChI is InChI=1S/C22H26BrNO4SSi/c1-7-27-21(26)19-18(23)16-12-13-17(25)24(20(16)29-19)14-8-10-15(11-9-14)28-30(5,6)22(2,3)4/h8-13H,7H2,1-6H3. The largest absolute Gasteiger partial charge is 0.544 e.